The molecule has 0 aromatic heterocycles. The Balaban J connectivity index is 1.94. The molecular formula is C15H30N2. The zero-order chi connectivity index (χ0) is 12.5. The summed E-state index contributed by atoms with van der Waals surface area (Å²) < 4.78 is 0. The van der Waals surface area contributed by atoms with Crippen molar-refractivity contribution in [3.63, 3.8) is 0 Å². The van der Waals surface area contributed by atoms with Gasteiger partial charge in [0.2, 0.25) is 0 Å². The van der Waals surface area contributed by atoms with Gasteiger partial charge in [-0.2, -0.15) is 0 Å². The first-order valence-corrected chi connectivity index (χ1v) is 7.42. The number of nitrogens with zero attached hydrogens (tertiary/aromatic N) is 1. The van der Waals surface area contributed by atoms with E-state index in [4.69, 9.17) is 0 Å². The maximum atomic E-state index is 3.60. The lowest BCUT2D eigenvalue weighted by Crippen LogP contribution is -2.51. The predicted molar refractivity (Wildman–Crippen MR) is 74.2 cm³/mol. The van der Waals surface area contributed by atoms with Crippen molar-refractivity contribution in [1.29, 1.82) is 0 Å². The Hall–Kier alpha value is -0.0800. The Morgan fingerprint density at radius 3 is 2.65 bits per heavy atom. The van der Waals surface area contributed by atoms with Crippen LogP contribution in [0.2, 0.25) is 0 Å². The molecule has 1 saturated heterocycles. The fourth-order valence-corrected chi connectivity index (χ4v) is 4.13. The molecule has 1 aliphatic carbocycles. The van der Waals surface area contributed by atoms with E-state index >= 15 is 0 Å². The second kappa shape index (κ2) is 5.27. The van der Waals surface area contributed by atoms with Crippen LogP contribution in [0.15, 0.2) is 0 Å². The molecule has 1 aliphatic heterocycles. The number of rotatable bonds is 3. The van der Waals surface area contributed by atoms with Gasteiger partial charge in [0.05, 0.1) is 0 Å². The van der Waals surface area contributed by atoms with Crippen molar-refractivity contribution in [2.45, 2.75) is 52.5 Å². The van der Waals surface area contributed by atoms with Crippen LogP contribution in [0.25, 0.3) is 0 Å². The van der Waals surface area contributed by atoms with E-state index in [1.807, 2.05) is 0 Å². The van der Waals surface area contributed by atoms with E-state index in [0.29, 0.717) is 11.5 Å². The van der Waals surface area contributed by atoms with Crippen LogP contribution in [-0.4, -0.2) is 37.6 Å². The van der Waals surface area contributed by atoms with Crippen molar-refractivity contribution in [2.75, 3.05) is 26.7 Å². The summed E-state index contributed by atoms with van der Waals surface area (Å²) >= 11 is 0. The predicted octanol–water partition coefficient (Wildman–Crippen LogP) is 2.74. The van der Waals surface area contributed by atoms with E-state index in [9.17, 15) is 0 Å². The maximum Gasteiger partial charge on any atom is 0.0156 e. The molecule has 2 rings (SSSR count). The average molecular weight is 238 g/mol. The lowest BCUT2D eigenvalue weighted by atomic mass is 9.68. The first-order chi connectivity index (χ1) is 8.03. The molecular weight excluding hydrogens is 208 g/mol. The number of likely N-dealkylation sites (tertiary alicyclic amines) is 1. The Morgan fingerprint density at radius 2 is 2.06 bits per heavy atom. The molecule has 100 valence electrons. The molecule has 1 heterocycles. The van der Waals surface area contributed by atoms with Crippen molar-refractivity contribution in [3.05, 3.63) is 0 Å². The Labute approximate surface area is 107 Å². The number of hydrogen-bond donors (Lipinski definition) is 1. The van der Waals surface area contributed by atoms with Gasteiger partial charge in [-0.15, -0.1) is 0 Å². The molecule has 3 atom stereocenters. The van der Waals surface area contributed by atoms with Crippen LogP contribution in [0.5, 0.6) is 0 Å². The van der Waals surface area contributed by atoms with Crippen molar-refractivity contribution >= 4 is 0 Å². The molecule has 2 heteroatoms. The summed E-state index contributed by atoms with van der Waals surface area (Å²) in [6.45, 7) is 11.2. The lowest BCUT2D eigenvalue weighted by Gasteiger charge is -2.45. The van der Waals surface area contributed by atoms with Crippen molar-refractivity contribution in [2.24, 2.45) is 17.3 Å². The van der Waals surface area contributed by atoms with E-state index in [2.05, 4.69) is 38.0 Å². The average Bonchev–Trinajstić information content (AvgIpc) is 2.63. The molecule has 1 saturated carbocycles. The lowest BCUT2D eigenvalue weighted by molar-refractivity contribution is 0.0893. The fraction of sp³-hybridized carbons (Fsp3) is 1.00. The Morgan fingerprint density at radius 1 is 1.29 bits per heavy atom. The summed E-state index contributed by atoms with van der Waals surface area (Å²) in [4.78, 5) is 2.70. The van der Waals surface area contributed by atoms with Crippen LogP contribution in [0, 0.1) is 17.3 Å². The first kappa shape index (κ1) is 13.4. The highest BCUT2D eigenvalue weighted by Crippen LogP contribution is 2.39. The van der Waals surface area contributed by atoms with E-state index in [-0.39, 0.29) is 0 Å². The molecule has 0 aromatic rings. The van der Waals surface area contributed by atoms with E-state index in [1.54, 1.807) is 0 Å². The quantitative estimate of drug-likeness (QED) is 0.813. The second-order valence-electron chi connectivity index (χ2n) is 7.06. The molecule has 2 nitrogen and oxygen atoms in total. The maximum absolute atomic E-state index is 3.60. The molecule has 0 radical (unpaired) electrons. The first-order valence-electron chi connectivity index (χ1n) is 7.42. The number of hydrogen-bond acceptors (Lipinski definition) is 2. The van der Waals surface area contributed by atoms with Gasteiger partial charge < -0.3 is 10.2 Å². The third-order valence-corrected chi connectivity index (χ3v) is 5.02. The van der Waals surface area contributed by atoms with Crippen molar-refractivity contribution in [1.82, 2.24) is 10.2 Å². The van der Waals surface area contributed by atoms with Crippen LogP contribution < -0.4 is 5.32 Å². The van der Waals surface area contributed by atoms with Crippen LogP contribution in [0.3, 0.4) is 0 Å². The molecule has 0 aromatic carbocycles. The van der Waals surface area contributed by atoms with E-state index in [0.717, 1.165) is 11.8 Å². The second-order valence-corrected chi connectivity index (χ2v) is 7.06. The molecule has 0 bridgehead atoms. The standard InChI is InChI=1S/C15H30N2/c1-12-7-9-17(10-12)11-13-6-5-8-15(2,3)14(13)16-4/h12-14,16H,5-11H2,1-4H3. The molecule has 1 N–H and O–H groups in total. The van der Waals surface area contributed by atoms with Gasteiger partial charge in [-0.05, 0) is 50.1 Å². The van der Waals surface area contributed by atoms with Crippen molar-refractivity contribution < 1.29 is 0 Å². The van der Waals surface area contributed by atoms with Crippen LogP contribution >= 0.6 is 0 Å². The third kappa shape index (κ3) is 3.03. The van der Waals surface area contributed by atoms with Gasteiger partial charge in [0, 0.05) is 19.1 Å². The minimum absolute atomic E-state index is 0.475. The van der Waals surface area contributed by atoms with Gasteiger partial charge in [0.1, 0.15) is 0 Å². The molecule has 2 fully saturated rings. The normalized spacial score (nSPS) is 38.5. The zero-order valence-corrected chi connectivity index (χ0v) is 12.1. The number of nitrogens with one attached hydrogen (secondary N) is 1. The van der Waals surface area contributed by atoms with E-state index in [1.165, 1.54) is 45.3 Å². The highest BCUT2D eigenvalue weighted by molar-refractivity contribution is 4.94. The largest absolute Gasteiger partial charge is 0.316 e. The fourth-order valence-electron chi connectivity index (χ4n) is 4.13. The minimum atomic E-state index is 0.475. The summed E-state index contributed by atoms with van der Waals surface area (Å²) in [5, 5.41) is 3.60. The van der Waals surface area contributed by atoms with Crippen LogP contribution in [-0.2, 0) is 0 Å². The Bertz CT molecular complexity index is 249. The van der Waals surface area contributed by atoms with Gasteiger partial charge in [-0.3, -0.25) is 0 Å². The third-order valence-electron chi connectivity index (χ3n) is 5.02. The summed E-state index contributed by atoms with van der Waals surface area (Å²) in [6, 6.07) is 0.701. The summed E-state index contributed by atoms with van der Waals surface area (Å²) in [7, 11) is 2.15. The van der Waals surface area contributed by atoms with Gasteiger partial charge in [-0.25, -0.2) is 0 Å². The molecule has 17 heavy (non-hydrogen) atoms. The smallest absolute Gasteiger partial charge is 0.0156 e. The Kier molecular flexibility index (Phi) is 4.14. The van der Waals surface area contributed by atoms with Gasteiger partial charge in [-0.1, -0.05) is 27.2 Å². The monoisotopic (exact) mass is 238 g/mol. The molecule has 2 aliphatic rings. The highest BCUT2D eigenvalue weighted by atomic mass is 15.2. The van der Waals surface area contributed by atoms with E-state index < -0.39 is 0 Å². The van der Waals surface area contributed by atoms with Crippen LogP contribution in [0.1, 0.15) is 46.5 Å². The summed E-state index contributed by atoms with van der Waals surface area (Å²) in [5.41, 5.74) is 0.475. The topological polar surface area (TPSA) is 15.3 Å². The van der Waals surface area contributed by atoms with Gasteiger partial charge >= 0.3 is 0 Å². The summed E-state index contributed by atoms with van der Waals surface area (Å²) in [5.74, 6) is 1.77. The minimum Gasteiger partial charge on any atom is -0.316 e. The van der Waals surface area contributed by atoms with Gasteiger partial charge in [0.25, 0.3) is 0 Å². The highest BCUT2D eigenvalue weighted by Gasteiger charge is 2.38. The van der Waals surface area contributed by atoms with Crippen LogP contribution in [0.4, 0.5) is 0 Å². The van der Waals surface area contributed by atoms with Crippen molar-refractivity contribution in [3.8, 4) is 0 Å². The summed E-state index contributed by atoms with van der Waals surface area (Å²) in [6.07, 6.45) is 5.62. The van der Waals surface area contributed by atoms with Gasteiger partial charge in [0.15, 0.2) is 0 Å². The zero-order valence-electron chi connectivity index (χ0n) is 12.1. The molecule has 0 spiro atoms. The SMILES string of the molecule is CNC1C(CN2CCC(C)C2)CCCC1(C)C. The molecule has 0 amide bonds. The molecule has 3 unspecified atom stereocenters.